The van der Waals surface area contributed by atoms with E-state index >= 15 is 0 Å². The third-order valence-electron chi connectivity index (χ3n) is 7.78. The van der Waals surface area contributed by atoms with Gasteiger partial charge >= 0.3 is 0 Å². The van der Waals surface area contributed by atoms with Crippen LogP contribution in [0.1, 0.15) is 168 Å². The Morgan fingerprint density at radius 3 is 1.08 bits per heavy atom. The van der Waals surface area contributed by atoms with Gasteiger partial charge in [0.1, 0.15) is 0 Å². The molecule has 3 fully saturated rings. The van der Waals surface area contributed by atoms with Gasteiger partial charge in [-0.25, -0.2) is 0 Å². The highest BCUT2D eigenvalue weighted by molar-refractivity contribution is 5.79. The van der Waals surface area contributed by atoms with E-state index < -0.39 is 0 Å². The maximum Gasteiger partial charge on any atom is 0.254 e. The highest BCUT2D eigenvalue weighted by Gasteiger charge is 2.48. The first-order valence-electron chi connectivity index (χ1n) is 15.9. The lowest BCUT2D eigenvalue weighted by molar-refractivity contribution is -0.461. The fourth-order valence-electron chi connectivity index (χ4n) is 5.49. The first-order chi connectivity index (χ1) is 17.7. The summed E-state index contributed by atoms with van der Waals surface area (Å²) in [5.41, 5.74) is 0. The van der Waals surface area contributed by atoms with E-state index in [1.54, 1.807) is 10.2 Å². The molecule has 0 saturated carbocycles. The number of nitrogens with zero attached hydrogens (tertiary/aromatic N) is 4. The van der Waals surface area contributed by atoms with E-state index in [0.717, 1.165) is 51.6 Å². The summed E-state index contributed by atoms with van der Waals surface area (Å²) in [5.74, 6) is 0.318. The zero-order valence-electron chi connectivity index (χ0n) is 24.0. The third kappa shape index (κ3) is 11.5. The van der Waals surface area contributed by atoms with Gasteiger partial charge in [0, 0.05) is 25.9 Å². The minimum absolute atomic E-state index is 0.159. The van der Waals surface area contributed by atoms with Crippen molar-refractivity contribution in [3.63, 3.8) is 0 Å². The Kier molecular flexibility index (Phi) is 17.2. The van der Waals surface area contributed by atoms with Crippen molar-refractivity contribution < 1.29 is 9.59 Å². The van der Waals surface area contributed by atoms with Crippen LogP contribution in [0.2, 0.25) is 0 Å². The molecule has 0 N–H and O–H groups in total. The standard InChI is InChI=1S/C30H58N4O2/c1-3-5-7-9-11-13-15-17-21-25-29(35)33-31-27-23-19-20-24-28-32(33)34(31)30(36)26-22-18-16-14-12-10-8-6-4-2/h3-28H2,1-2H3. The molecule has 6 nitrogen and oxygen atoms in total. The minimum Gasteiger partial charge on any atom is -0.272 e. The van der Waals surface area contributed by atoms with E-state index in [9.17, 15) is 9.59 Å². The molecule has 0 atom stereocenters. The zero-order valence-corrected chi connectivity index (χ0v) is 24.0. The van der Waals surface area contributed by atoms with Gasteiger partial charge in [-0.05, 0) is 25.7 Å². The van der Waals surface area contributed by atoms with Gasteiger partial charge in [-0.15, -0.1) is 0 Å². The van der Waals surface area contributed by atoms with Crippen LogP contribution >= 0.6 is 0 Å². The maximum atomic E-state index is 13.1. The average Bonchev–Trinajstić information content (AvgIpc) is 3.04. The molecule has 210 valence electrons. The first kappa shape index (κ1) is 31.1. The molecule has 2 amide bonds. The fourth-order valence-corrected chi connectivity index (χ4v) is 5.49. The summed E-state index contributed by atoms with van der Waals surface area (Å²) < 4.78 is 0. The molecule has 36 heavy (non-hydrogen) atoms. The molecule has 0 aromatic rings. The van der Waals surface area contributed by atoms with Crippen LogP contribution in [-0.4, -0.2) is 45.4 Å². The second-order valence-electron chi connectivity index (χ2n) is 11.1. The van der Waals surface area contributed by atoms with Gasteiger partial charge < -0.3 is 0 Å². The zero-order chi connectivity index (χ0) is 25.8. The molecule has 3 rings (SSSR count). The Morgan fingerprint density at radius 2 is 0.750 bits per heavy atom. The molecule has 6 heteroatoms. The Labute approximate surface area is 223 Å². The van der Waals surface area contributed by atoms with Crippen molar-refractivity contribution in [3.8, 4) is 0 Å². The molecule has 3 aliphatic rings. The second-order valence-corrected chi connectivity index (χ2v) is 11.1. The van der Waals surface area contributed by atoms with Crippen LogP contribution in [-0.2, 0) is 9.59 Å². The van der Waals surface area contributed by atoms with E-state index in [1.165, 1.54) is 103 Å². The molecule has 3 saturated heterocycles. The van der Waals surface area contributed by atoms with Crippen LogP contribution in [0.4, 0.5) is 0 Å². The Bertz CT molecular complexity index is 527. The number of rotatable bonds is 20. The Morgan fingerprint density at radius 1 is 0.444 bits per heavy atom. The second kappa shape index (κ2) is 19.9. The Hall–Kier alpha value is -1.14. The molecule has 0 aliphatic carbocycles. The quantitative estimate of drug-likeness (QED) is 0.156. The average molecular weight is 507 g/mol. The molecule has 0 aromatic heterocycles. The molecule has 0 spiro atoms. The van der Waals surface area contributed by atoms with Crippen LogP contribution in [0, 0.1) is 0 Å². The van der Waals surface area contributed by atoms with E-state index in [2.05, 4.69) is 13.8 Å². The largest absolute Gasteiger partial charge is 0.272 e. The summed E-state index contributed by atoms with van der Waals surface area (Å²) in [6.07, 6.45) is 28.2. The number of fused-ring (bicyclic) bond motifs is 5. The molecule has 3 heterocycles. The van der Waals surface area contributed by atoms with Crippen molar-refractivity contribution in [1.29, 1.82) is 0 Å². The lowest BCUT2D eigenvalue weighted by atomic mass is 10.1. The van der Waals surface area contributed by atoms with E-state index in [0.29, 0.717) is 12.8 Å². The topological polar surface area (TPSA) is 47.1 Å². The Balaban J connectivity index is 1.68. The maximum absolute atomic E-state index is 13.1. The summed E-state index contributed by atoms with van der Waals surface area (Å²) in [7, 11) is 0. The molecule has 0 unspecified atom stereocenters. The van der Waals surface area contributed by atoms with Crippen molar-refractivity contribution in [1.82, 2.24) is 20.5 Å². The van der Waals surface area contributed by atoms with Crippen molar-refractivity contribution >= 4 is 11.8 Å². The number of carbonyl (C=O) groups is 2. The fraction of sp³-hybridized carbons (Fsp3) is 0.933. The van der Waals surface area contributed by atoms with Gasteiger partial charge in [-0.2, -0.15) is 10.2 Å². The van der Waals surface area contributed by atoms with Gasteiger partial charge in [0.2, 0.25) is 0 Å². The summed E-state index contributed by atoms with van der Waals surface area (Å²) in [4.78, 5) is 26.2. The van der Waals surface area contributed by atoms with Crippen molar-refractivity contribution in [2.75, 3.05) is 13.1 Å². The molecule has 0 radical (unpaired) electrons. The first-order valence-corrected chi connectivity index (χ1v) is 15.9. The van der Waals surface area contributed by atoms with Gasteiger partial charge in [0.25, 0.3) is 11.8 Å². The monoisotopic (exact) mass is 506 g/mol. The van der Waals surface area contributed by atoms with Crippen molar-refractivity contribution in [3.05, 3.63) is 0 Å². The summed E-state index contributed by atoms with van der Waals surface area (Å²) >= 11 is 0. The summed E-state index contributed by atoms with van der Waals surface area (Å²) in [6.45, 7) is 6.05. The lowest BCUT2D eigenvalue weighted by Gasteiger charge is -2.59. The van der Waals surface area contributed by atoms with Crippen LogP contribution in [0.25, 0.3) is 0 Å². The predicted octanol–water partition coefficient (Wildman–Crippen LogP) is 8.34. The number of amides is 2. The molecule has 2 bridgehead atoms. The summed E-state index contributed by atoms with van der Waals surface area (Å²) in [5, 5.41) is 7.48. The van der Waals surface area contributed by atoms with Gasteiger partial charge in [0.15, 0.2) is 0 Å². The van der Waals surface area contributed by atoms with Crippen LogP contribution in [0.3, 0.4) is 0 Å². The highest BCUT2D eigenvalue weighted by atomic mass is 16.3. The number of hydrogen-bond donors (Lipinski definition) is 0. The van der Waals surface area contributed by atoms with Gasteiger partial charge in [-0.1, -0.05) is 140 Å². The highest BCUT2D eigenvalue weighted by Crippen LogP contribution is 2.30. The van der Waals surface area contributed by atoms with E-state index in [1.807, 2.05) is 10.2 Å². The van der Waals surface area contributed by atoms with E-state index in [4.69, 9.17) is 0 Å². The molecular formula is C30H58N4O2. The smallest absolute Gasteiger partial charge is 0.254 e. The molecular weight excluding hydrogens is 448 g/mol. The number of hydrogen-bond acceptors (Lipinski definition) is 4. The number of unbranched alkanes of at least 4 members (excludes halogenated alkanes) is 16. The predicted molar refractivity (Wildman–Crippen MR) is 149 cm³/mol. The van der Waals surface area contributed by atoms with Crippen molar-refractivity contribution in [2.24, 2.45) is 0 Å². The van der Waals surface area contributed by atoms with E-state index in [-0.39, 0.29) is 11.8 Å². The van der Waals surface area contributed by atoms with Gasteiger partial charge in [-0.3, -0.25) is 9.59 Å². The minimum atomic E-state index is 0.159. The van der Waals surface area contributed by atoms with Crippen LogP contribution in [0.15, 0.2) is 0 Å². The summed E-state index contributed by atoms with van der Waals surface area (Å²) in [6, 6.07) is 0. The van der Waals surface area contributed by atoms with Crippen LogP contribution < -0.4 is 0 Å². The molecule has 3 aliphatic heterocycles. The lowest BCUT2D eigenvalue weighted by Crippen LogP contribution is -2.80. The third-order valence-corrected chi connectivity index (χ3v) is 7.78. The van der Waals surface area contributed by atoms with Gasteiger partial charge in [0.05, 0.1) is 0 Å². The number of hydrazine groups is 4. The molecule has 0 aromatic carbocycles. The SMILES string of the molecule is CCCCCCCCCCCC(=O)N1N2CCCCCCN1N2C(=O)CCCCCCCCCCC. The van der Waals surface area contributed by atoms with Crippen molar-refractivity contribution in [2.45, 2.75) is 168 Å². The van der Waals surface area contributed by atoms with Crippen LogP contribution in [0.5, 0.6) is 0 Å². The normalized spacial score (nSPS) is 19.9. The number of carbonyl (C=O) groups excluding carboxylic acids is 2.